The molecule has 3 aromatic carbocycles. The number of benzene rings is 3. The van der Waals surface area contributed by atoms with Gasteiger partial charge in [0.25, 0.3) is 5.78 Å². The Morgan fingerprint density at radius 2 is 1.53 bits per heavy atom. The number of rotatable bonds is 4. The number of hydrogen-bond acceptors (Lipinski definition) is 6. The van der Waals surface area contributed by atoms with Gasteiger partial charge in [0.2, 0.25) is 0 Å². The highest BCUT2D eigenvalue weighted by Gasteiger charge is 2.60. The Labute approximate surface area is 201 Å². The van der Waals surface area contributed by atoms with Gasteiger partial charge in [-0.15, -0.1) is 0 Å². The summed E-state index contributed by atoms with van der Waals surface area (Å²) >= 11 is 1.36. The highest BCUT2D eigenvalue weighted by molar-refractivity contribution is 8.01. The van der Waals surface area contributed by atoms with E-state index in [0.717, 1.165) is 4.90 Å². The molecule has 34 heavy (non-hydrogen) atoms. The molecule has 0 radical (unpaired) electrons. The van der Waals surface area contributed by atoms with E-state index in [-0.39, 0.29) is 11.3 Å². The predicted octanol–water partition coefficient (Wildman–Crippen LogP) is 4.88. The summed E-state index contributed by atoms with van der Waals surface area (Å²) in [5.74, 6) is -2.12. The van der Waals surface area contributed by atoms with Crippen molar-refractivity contribution >= 4 is 40.8 Å². The van der Waals surface area contributed by atoms with Gasteiger partial charge in [-0.2, -0.15) is 0 Å². The highest BCUT2D eigenvalue weighted by Crippen LogP contribution is 2.58. The van der Waals surface area contributed by atoms with Crippen LogP contribution in [-0.2, 0) is 24.0 Å². The molecule has 1 amide bonds. The molecule has 170 valence electrons. The number of esters is 1. The third-order valence-electron chi connectivity index (χ3n) is 5.66. The van der Waals surface area contributed by atoms with Crippen molar-refractivity contribution in [3.63, 3.8) is 0 Å². The van der Waals surface area contributed by atoms with Crippen LogP contribution in [0.4, 0.5) is 11.4 Å². The molecule has 0 bridgehead atoms. The smallest absolute Gasteiger partial charge is 0.355 e. The standard InChI is InChI=1S/C27H22N2O4S/c1-17(2)33-26(32)23-22-24(30)25(31)29(19-13-7-4-8-14-19)27(22,18-11-5-3-6-12-18)34-21-16-10-9-15-20(21)28-23/h3-17,28H,1-2H3/t27-/m1/s1. The SMILES string of the molecule is CC(C)OC(=O)C1=C2C(=O)C(=O)N(c3ccccc3)[C@]2(c2ccccc2)Sc2ccccc2N1. The molecule has 1 atom stereocenters. The number of ether oxygens (including phenoxy) is 1. The second-order valence-corrected chi connectivity index (χ2v) is 9.48. The fraction of sp³-hybridized carbons (Fsp3) is 0.148. The molecule has 0 saturated carbocycles. The van der Waals surface area contributed by atoms with E-state index in [1.165, 1.54) is 16.7 Å². The van der Waals surface area contributed by atoms with Crippen LogP contribution in [0.3, 0.4) is 0 Å². The van der Waals surface area contributed by atoms with Gasteiger partial charge in [-0.3, -0.25) is 14.5 Å². The van der Waals surface area contributed by atoms with Crippen molar-refractivity contribution in [3.8, 4) is 0 Å². The van der Waals surface area contributed by atoms with Crippen LogP contribution in [0.15, 0.2) is 101 Å². The number of fused-ring (bicyclic) bond motifs is 2. The molecular weight excluding hydrogens is 448 g/mol. The Morgan fingerprint density at radius 1 is 0.912 bits per heavy atom. The third kappa shape index (κ3) is 3.40. The van der Waals surface area contributed by atoms with Gasteiger partial charge in [0, 0.05) is 10.6 Å². The molecule has 1 saturated heterocycles. The number of amides is 1. The maximum Gasteiger partial charge on any atom is 0.355 e. The molecule has 2 heterocycles. The third-order valence-corrected chi connectivity index (χ3v) is 7.15. The molecule has 1 N–H and O–H groups in total. The van der Waals surface area contributed by atoms with Gasteiger partial charge < -0.3 is 10.1 Å². The maximum atomic E-state index is 13.7. The van der Waals surface area contributed by atoms with E-state index in [9.17, 15) is 14.4 Å². The molecular formula is C27H22N2O4S. The average Bonchev–Trinajstić information content (AvgIpc) is 2.96. The maximum absolute atomic E-state index is 13.7. The molecule has 3 aromatic rings. The van der Waals surface area contributed by atoms with E-state index < -0.39 is 28.6 Å². The normalized spacial score (nSPS) is 19.4. The number of carbonyl (C=O) groups is 3. The summed E-state index contributed by atoms with van der Waals surface area (Å²) in [5, 5.41) is 3.14. The zero-order valence-corrected chi connectivity index (χ0v) is 19.5. The zero-order valence-electron chi connectivity index (χ0n) is 18.6. The summed E-state index contributed by atoms with van der Waals surface area (Å²) in [6.45, 7) is 3.48. The lowest BCUT2D eigenvalue weighted by atomic mass is 9.95. The van der Waals surface area contributed by atoms with Crippen LogP contribution in [-0.4, -0.2) is 23.8 Å². The first kappa shape index (κ1) is 22.0. The summed E-state index contributed by atoms with van der Waals surface area (Å²) in [6, 6.07) is 25.8. The molecule has 2 aliphatic heterocycles. The molecule has 6 nitrogen and oxygen atoms in total. The lowest BCUT2D eigenvalue weighted by Gasteiger charge is -2.38. The monoisotopic (exact) mass is 470 g/mol. The first-order chi connectivity index (χ1) is 16.4. The minimum absolute atomic E-state index is 0.0215. The first-order valence-electron chi connectivity index (χ1n) is 10.9. The van der Waals surface area contributed by atoms with Crippen LogP contribution in [0.25, 0.3) is 0 Å². The van der Waals surface area contributed by atoms with E-state index in [0.29, 0.717) is 16.9 Å². The van der Waals surface area contributed by atoms with Crippen molar-refractivity contribution in [2.45, 2.75) is 29.7 Å². The predicted molar refractivity (Wildman–Crippen MR) is 131 cm³/mol. The number of anilines is 2. The summed E-state index contributed by atoms with van der Waals surface area (Å²) in [7, 11) is 0. The largest absolute Gasteiger partial charge is 0.458 e. The number of nitrogens with one attached hydrogen (secondary N) is 1. The number of thioether (sulfide) groups is 1. The van der Waals surface area contributed by atoms with Crippen molar-refractivity contribution in [1.29, 1.82) is 0 Å². The summed E-state index contributed by atoms with van der Waals surface area (Å²) < 4.78 is 5.52. The number of para-hydroxylation sites is 2. The second-order valence-electron chi connectivity index (χ2n) is 8.24. The van der Waals surface area contributed by atoms with Crippen molar-refractivity contribution in [1.82, 2.24) is 0 Å². The van der Waals surface area contributed by atoms with E-state index in [1.807, 2.05) is 72.8 Å². The van der Waals surface area contributed by atoms with Crippen LogP contribution in [0.2, 0.25) is 0 Å². The van der Waals surface area contributed by atoms with Gasteiger partial charge in [-0.25, -0.2) is 4.79 Å². The van der Waals surface area contributed by atoms with Crippen LogP contribution in [0.1, 0.15) is 19.4 Å². The Balaban J connectivity index is 1.89. The van der Waals surface area contributed by atoms with Crippen molar-refractivity contribution in [2.75, 3.05) is 10.2 Å². The van der Waals surface area contributed by atoms with Crippen LogP contribution in [0, 0.1) is 0 Å². The van der Waals surface area contributed by atoms with Gasteiger partial charge in [0.05, 0.1) is 17.4 Å². The van der Waals surface area contributed by atoms with Crippen LogP contribution >= 0.6 is 11.8 Å². The van der Waals surface area contributed by atoms with E-state index >= 15 is 0 Å². The van der Waals surface area contributed by atoms with E-state index in [4.69, 9.17) is 4.74 Å². The molecule has 0 aromatic heterocycles. The Morgan fingerprint density at radius 3 is 2.21 bits per heavy atom. The van der Waals surface area contributed by atoms with Gasteiger partial charge >= 0.3 is 11.9 Å². The minimum Gasteiger partial charge on any atom is -0.458 e. The lowest BCUT2D eigenvalue weighted by Crippen LogP contribution is -2.42. The van der Waals surface area contributed by atoms with Gasteiger partial charge in [-0.1, -0.05) is 72.4 Å². The molecule has 2 aliphatic rings. The Bertz CT molecular complexity index is 1320. The van der Waals surface area contributed by atoms with E-state index in [1.54, 1.807) is 26.0 Å². The molecule has 7 heteroatoms. The number of ketones is 1. The minimum atomic E-state index is -1.32. The zero-order chi connectivity index (χ0) is 23.9. The molecule has 5 rings (SSSR count). The molecule has 0 unspecified atom stereocenters. The number of nitrogens with zero attached hydrogens (tertiary/aromatic N) is 1. The summed E-state index contributed by atoms with van der Waals surface area (Å²) in [5.41, 5.74) is 1.97. The summed E-state index contributed by atoms with van der Waals surface area (Å²) in [6.07, 6.45) is -0.405. The number of hydrogen-bond donors (Lipinski definition) is 1. The second kappa shape index (κ2) is 8.50. The Kier molecular flexibility index (Phi) is 5.49. The fourth-order valence-corrected chi connectivity index (χ4v) is 5.83. The quantitative estimate of drug-likeness (QED) is 0.433. The summed E-state index contributed by atoms with van der Waals surface area (Å²) in [4.78, 5) is 41.6. The average molecular weight is 471 g/mol. The number of carbonyl (C=O) groups excluding carboxylic acids is 3. The van der Waals surface area contributed by atoms with Gasteiger partial charge in [0.1, 0.15) is 5.70 Å². The van der Waals surface area contributed by atoms with E-state index in [2.05, 4.69) is 5.32 Å². The van der Waals surface area contributed by atoms with Crippen molar-refractivity contribution in [3.05, 3.63) is 102 Å². The molecule has 0 spiro atoms. The molecule has 1 fully saturated rings. The molecule has 0 aliphatic carbocycles. The van der Waals surface area contributed by atoms with Crippen molar-refractivity contribution in [2.24, 2.45) is 0 Å². The van der Waals surface area contributed by atoms with Crippen LogP contribution in [0.5, 0.6) is 0 Å². The lowest BCUT2D eigenvalue weighted by molar-refractivity contribution is -0.142. The topological polar surface area (TPSA) is 75.7 Å². The Hall–Kier alpha value is -3.84. The fourth-order valence-electron chi connectivity index (χ4n) is 4.31. The number of Topliss-reactive ketones (excluding diaryl/α,β-unsaturated/α-hetero) is 1. The van der Waals surface area contributed by atoms with Gasteiger partial charge in [0.15, 0.2) is 4.87 Å². The van der Waals surface area contributed by atoms with Crippen LogP contribution < -0.4 is 10.2 Å². The first-order valence-corrected chi connectivity index (χ1v) is 11.8. The van der Waals surface area contributed by atoms with Gasteiger partial charge in [-0.05, 0) is 43.7 Å². The van der Waals surface area contributed by atoms with Crippen molar-refractivity contribution < 1.29 is 19.1 Å². The highest BCUT2D eigenvalue weighted by atomic mass is 32.2.